The molecule has 45 heavy (non-hydrogen) atoms. The van der Waals surface area contributed by atoms with Crippen molar-refractivity contribution in [3.05, 3.63) is 88.3 Å². The first kappa shape index (κ1) is 31.5. The maximum absolute atomic E-state index is 14.9. The lowest BCUT2D eigenvalue weighted by Gasteiger charge is -2.37. The third-order valence-corrected chi connectivity index (χ3v) is 8.26. The lowest BCUT2D eigenvalue weighted by molar-refractivity contribution is -0.128. The molecule has 2 aliphatic rings. The molecule has 230 valence electrons. The summed E-state index contributed by atoms with van der Waals surface area (Å²) in [4.78, 5) is 48.2. The molecule has 9 nitrogen and oxygen atoms in total. The third-order valence-electron chi connectivity index (χ3n) is 7.92. The minimum Gasteiger partial charge on any atom is -0.351 e. The summed E-state index contributed by atoms with van der Waals surface area (Å²) in [6.45, 7) is 0. The molecular weight excluding hydrogens is 609 g/mol. The van der Waals surface area contributed by atoms with Gasteiger partial charge >= 0.3 is 0 Å². The monoisotopic (exact) mass is 634 g/mol. The molecule has 2 aromatic carbocycles. The summed E-state index contributed by atoms with van der Waals surface area (Å²) in [5, 5.41) is 21.8. The third kappa shape index (κ3) is 6.76. The van der Waals surface area contributed by atoms with Crippen LogP contribution in [0.2, 0.25) is 5.02 Å². The van der Waals surface area contributed by atoms with E-state index < -0.39 is 60.4 Å². The molecule has 0 radical (unpaired) electrons. The summed E-state index contributed by atoms with van der Waals surface area (Å²) in [7, 11) is 0. The van der Waals surface area contributed by atoms with E-state index in [0.29, 0.717) is 0 Å². The van der Waals surface area contributed by atoms with Gasteiger partial charge in [0.2, 0.25) is 17.7 Å². The Balaban J connectivity index is 1.64. The molecular formula is C32H26ClF3N6O3. The fourth-order valence-corrected chi connectivity index (χ4v) is 5.96. The van der Waals surface area contributed by atoms with Gasteiger partial charge in [0.25, 0.3) is 5.91 Å². The van der Waals surface area contributed by atoms with Crippen molar-refractivity contribution in [3.63, 3.8) is 0 Å². The van der Waals surface area contributed by atoms with E-state index in [-0.39, 0.29) is 58.9 Å². The average molecular weight is 635 g/mol. The van der Waals surface area contributed by atoms with E-state index in [1.54, 1.807) is 12.1 Å². The first-order valence-corrected chi connectivity index (χ1v) is 14.5. The van der Waals surface area contributed by atoms with Crippen molar-refractivity contribution in [2.45, 2.75) is 62.6 Å². The van der Waals surface area contributed by atoms with E-state index >= 15 is 0 Å². The molecule has 1 unspecified atom stereocenters. The number of nitrogens with one attached hydrogen (secondary N) is 1. The molecule has 3 aromatic rings. The molecule has 1 aliphatic heterocycles. The van der Waals surface area contributed by atoms with E-state index in [2.05, 4.69) is 10.3 Å². The summed E-state index contributed by atoms with van der Waals surface area (Å²) in [5.74, 6) is -5.72. The zero-order valence-electron chi connectivity index (χ0n) is 23.7. The molecule has 5 rings (SSSR count). The molecule has 13 heteroatoms. The van der Waals surface area contributed by atoms with Gasteiger partial charge in [-0.1, -0.05) is 29.8 Å². The molecule has 1 aromatic heterocycles. The number of carbonyl (C=O) groups excluding carboxylic acids is 3. The van der Waals surface area contributed by atoms with Crippen LogP contribution in [0.1, 0.15) is 61.3 Å². The van der Waals surface area contributed by atoms with Gasteiger partial charge in [-0.2, -0.15) is 10.5 Å². The number of amides is 3. The second-order valence-electron chi connectivity index (χ2n) is 10.9. The summed E-state index contributed by atoms with van der Waals surface area (Å²) in [6.07, 6.45) is 0.383. The highest BCUT2D eigenvalue weighted by molar-refractivity contribution is 6.31. The predicted molar refractivity (Wildman–Crippen MR) is 158 cm³/mol. The van der Waals surface area contributed by atoms with Crippen LogP contribution >= 0.6 is 11.6 Å². The Morgan fingerprint density at radius 3 is 2.44 bits per heavy atom. The maximum atomic E-state index is 14.9. The van der Waals surface area contributed by atoms with Crippen LogP contribution in [0.5, 0.6) is 0 Å². The van der Waals surface area contributed by atoms with Crippen LogP contribution in [-0.2, 0) is 14.4 Å². The first-order valence-electron chi connectivity index (χ1n) is 14.2. The van der Waals surface area contributed by atoms with Gasteiger partial charge in [-0.15, -0.1) is 0 Å². The SMILES string of the molecule is N#Cc1cc(F)cc(N(C(=O)[C@@H]2CCC(=O)N2c2cc(C#N)ccn2)C(C(=O)NC2CCC(F)(F)CC2)c2ccccc2Cl)c1. The Morgan fingerprint density at radius 1 is 1.04 bits per heavy atom. The zero-order valence-corrected chi connectivity index (χ0v) is 24.5. The van der Waals surface area contributed by atoms with Crippen LogP contribution in [-0.4, -0.2) is 40.7 Å². The van der Waals surface area contributed by atoms with Gasteiger partial charge in [-0.3, -0.25) is 24.2 Å². The van der Waals surface area contributed by atoms with Crippen molar-refractivity contribution < 1.29 is 27.6 Å². The number of nitriles is 2. The van der Waals surface area contributed by atoms with Gasteiger partial charge in [0.05, 0.1) is 23.3 Å². The molecule has 1 N–H and O–H groups in total. The van der Waals surface area contributed by atoms with Gasteiger partial charge in [-0.25, -0.2) is 18.2 Å². The fourth-order valence-electron chi connectivity index (χ4n) is 5.73. The number of nitrogens with zero attached hydrogens (tertiary/aromatic N) is 5. The van der Waals surface area contributed by atoms with Gasteiger partial charge in [0.15, 0.2) is 0 Å². The molecule has 3 amide bonds. The molecule has 2 heterocycles. The normalized spacial score (nSPS) is 18.5. The van der Waals surface area contributed by atoms with Crippen molar-refractivity contribution in [2.24, 2.45) is 0 Å². The second-order valence-corrected chi connectivity index (χ2v) is 11.3. The quantitative estimate of drug-likeness (QED) is 0.361. The number of benzene rings is 2. The topological polar surface area (TPSA) is 130 Å². The number of aromatic nitrogens is 1. The van der Waals surface area contributed by atoms with E-state index in [0.717, 1.165) is 21.9 Å². The summed E-state index contributed by atoms with van der Waals surface area (Å²) >= 11 is 6.56. The van der Waals surface area contributed by atoms with E-state index in [4.69, 9.17) is 11.6 Å². The molecule has 1 saturated heterocycles. The van der Waals surface area contributed by atoms with Crippen LogP contribution in [0.25, 0.3) is 0 Å². The Morgan fingerprint density at radius 2 is 1.76 bits per heavy atom. The summed E-state index contributed by atoms with van der Waals surface area (Å²) in [5.41, 5.74) is 0.0375. The van der Waals surface area contributed by atoms with E-state index in [1.807, 2.05) is 12.1 Å². The predicted octanol–water partition coefficient (Wildman–Crippen LogP) is 5.58. The standard InChI is InChI=1S/C32H26ClF3N6O3/c33-25-4-2-1-3-24(25)29(30(44)40-22-7-10-32(35,36)11-8-22)41(23-14-20(18-38)13-21(34)16-23)31(45)26-5-6-28(43)42(26)27-15-19(17-37)9-12-39-27/h1-4,9,12-16,22,26,29H,5-8,10-11H2,(H,40,44)/t26-,29?/m0/s1. The number of rotatable bonds is 7. The lowest BCUT2D eigenvalue weighted by atomic mass is 9.91. The number of alkyl halides is 2. The lowest BCUT2D eigenvalue weighted by Crippen LogP contribution is -2.53. The number of anilines is 2. The molecule has 2 fully saturated rings. The minimum atomic E-state index is -2.85. The molecule has 1 saturated carbocycles. The first-order chi connectivity index (χ1) is 21.5. The number of carbonyl (C=O) groups is 3. The van der Waals surface area contributed by atoms with Crippen LogP contribution in [0.15, 0.2) is 60.8 Å². The maximum Gasteiger partial charge on any atom is 0.251 e. The smallest absolute Gasteiger partial charge is 0.251 e. The number of halogens is 4. The average Bonchev–Trinajstić information content (AvgIpc) is 3.41. The number of pyridine rings is 1. The van der Waals surface area contributed by atoms with Gasteiger partial charge < -0.3 is 5.32 Å². The van der Waals surface area contributed by atoms with Crippen molar-refractivity contribution >= 4 is 40.8 Å². The van der Waals surface area contributed by atoms with Crippen molar-refractivity contribution in [1.82, 2.24) is 10.3 Å². The fraction of sp³-hybridized carbons (Fsp3) is 0.312. The van der Waals surface area contributed by atoms with E-state index in [9.17, 15) is 38.1 Å². The van der Waals surface area contributed by atoms with Crippen molar-refractivity contribution in [1.29, 1.82) is 10.5 Å². The zero-order chi connectivity index (χ0) is 32.3. The van der Waals surface area contributed by atoms with Crippen molar-refractivity contribution in [3.8, 4) is 12.1 Å². The molecule has 0 spiro atoms. The van der Waals surface area contributed by atoms with E-state index in [1.165, 1.54) is 36.5 Å². The Hall–Kier alpha value is -4.94. The minimum absolute atomic E-state index is 0.00161. The Kier molecular flexibility index (Phi) is 9.07. The van der Waals surface area contributed by atoms with Gasteiger partial charge in [0, 0.05) is 47.8 Å². The van der Waals surface area contributed by atoms with Crippen LogP contribution < -0.4 is 15.1 Å². The largest absolute Gasteiger partial charge is 0.351 e. The van der Waals surface area contributed by atoms with Crippen molar-refractivity contribution in [2.75, 3.05) is 9.80 Å². The van der Waals surface area contributed by atoms with Gasteiger partial charge in [-0.05, 0) is 55.7 Å². The second kappa shape index (κ2) is 13.0. The van der Waals surface area contributed by atoms with Crippen LogP contribution in [0.4, 0.5) is 24.7 Å². The summed E-state index contributed by atoms with van der Waals surface area (Å²) < 4.78 is 42.7. The van der Waals surface area contributed by atoms with Gasteiger partial charge in [0.1, 0.15) is 23.7 Å². The summed E-state index contributed by atoms with van der Waals surface area (Å²) in [6, 6.07) is 12.5. The number of hydrogen-bond donors (Lipinski definition) is 1. The van der Waals surface area contributed by atoms with Crippen LogP contribution in [0, 0.1) is 28.5 Å². The highest BCUT2D eigenvalue weighted by Crippen LogP contribution is 2.38. The van der Waals surface area contributed by atoms with Crippen LogP contribution in [0.3, 0.4) is 0 Å². The highest BCUT2D eigenvalue weighted by atomic mass is 35.5. The molecule has 1 aliphatic carbocycles. The molecule has 2 atom stereocenters. The Labute approximate surface area is 261 Å². The molecule has 0 bridgehead atoms. The highest BCUT2D eigenvalue weighted by Gasteiger charge is 2.45. The number of hydrogen-bond acceptors (Lipinski definition) is 6. The Bertz CT molecular complexity index is 1730.